The average Bonchev–Trinajstić information content (AvgIpc) is 2.12. The second kappa shape index (κ2) is 5.08. The van der Waals surface area contributed by atoms with Crippen molar-refractivity contribution in [3.05, 3.63) is 12.7 Å². The van der Waals surface area contributed by atoms with Crippen molar-refractivity contribution in [1.29, 1.82) is 0 Å². The molecule has 1 N–H and O–H groups in total. The van der Waals surface area contributed by atoms with E-state index in [0.717, 1.165) is 12.8 Å². The van der Waals surface area contributed by atoms with Crippen molar-refractivity contribution >= 4 is 11.0 Å². The predicted octanol–water partition coefficient (Wildman–Crippen LogP) is 2.78. The van der Waals surface area contributed by atoms with Gasteiger partial charge in [0.1, 0.15) is 0 Å². The van der Waals surface area contributed by atoms with Gasteiger partial charge in [0.15, 0.2) is 0 Å². The van der Waals surface area contributed by atoms with Crippen molar-refractivity contribution in [2.24, 2.45) is 0 Å². The molecule has 0 aromatic heterocycles. The van der Waals surface area contributed by atoms with Crippen LogP contribution in [0.3, 0.4) is 0 Å². The first-order valence-corrected chi connectivity index (χ1v) is 6.29. The van der Waals surface area contributed by atoms with Crippen molar-refractivity contribution in [3.8, 4) is 0 Å². The zero-order chi connectivity index (χ0) is 11.4. The van der Waals surface area contributed by atoms with Gasteiger partial charge in [0.05, 0.1) is 15.7 Å². The molecule has 0 saturated heterocycles. The Morgan fingerprint density at radius 1 is 1.29 bits per heavy atom. The van der Waals surface area contributed by atoms with Crippen molar-refractivity contribution in [2.45, 2.75) is 57.7 Å². The summed E-state index contributed by atoms with van der Waals surface area (Å²) in [6.45, 7) is 13.9. The molecule has 0 aliphatic carbocycles. The van der Waals surface area contributed by atoms with E-state index in [2.05, 4.69) is 25.1 Å². The molecule has 3 heteroatoms. The first-order valence-electron chi connectivity index (χ1n) is 5.14. The predicted molar refractivity (Wildman–Crippen MR) is 64.5 cm³/mol. The van der Waals surface area contributed by atoms with E-state index >= 15 is 0 Å². The maximum atomic E-state index is 11.9. The third-order valence-corrected chi connectivity index (χ3v) is 4.21. The Balaban J connectivity index is 4.62. The van der Waals surface area contributed by atoms with Gasteiger partial charge in [-0.3, -0.25) is 0 Å². The molecule has 0 aromatic carbocycles. The fourth-order valence-corrected chi connectivity index (χ4v) is 2.11. The molecule has 0 rings (SSSR count). The fraction of sp³-hybridized carbons (Fsp3) is 0.818. The molecular formula is C11H23NOS. The lowest BCUT2D eigenvalue weighted by molar-refractivity contribution is 0.446. The summed E-state index contributed by atoms with van der Waals surface area (Å²) in [4.78, 5) is 0. The maximum absolute atomic E-state index is 11.9. The molecule has 0 aromatic rings. The molecule has 2 nitrogen and oxygen atoms in total. The van der Waals surface area contributed by atoms with E-state index in [9.17, 15) is 4.21 Å². The van der Waals surface area contributed by atoms with Crippen LogP contribution in [0.25, 0.3) is 0 Å². The van der Waals surface area contributed by atoms with Crippen LogP contribution in [0.15, 0.2) is 12.7 Å². The molecule has 0 unspecified atom stereocenters. The molecule has 0 saturated carbocycles. The van der Waals surface area contributed by atoms with Crippen LogP contribution in [0.1, 0.15) is 47.5 Å². The molecule has 0 spiro atoms. The lowest BCUT2D eigenvalue weighted by Gasteiger charge is -2.32. The van der Waals surface area contributed by atoms with Gasteiger partial charge < -0.3 is 0 Å². The number of hydrogen-bond donors (Lipinski definition) is 1. The van der Waals surface area contributed by atoms with Gasteiger partial charge in [0.2, 0.25) is 0 Å². The molecule has 1 atom stereocenters. The van der Waals surface area contributed by atoms with E-state index in [1.165, 1.54) is 0 Å². The lowest BCUT2D eigenvalue weighted by atomic mass is 9.95. The number of rotatable bonds is 5. The van der Waals surface area contributed by atoms with Crippen LogP contribution in [0.2, 0.25) is 0 Å². The summed E-state index contributed by atoms with van der Waals surface area (Å²) in [5.41, 5.74) is -0.182. The number of hydrogen-bond acceptors (Lipinski definition) is 1. The van der Waals surface area contributed by atoms with Crippen LogP contribution < -0.4 is 4.72 Å². The van der Waals surface area contributed by atoms with Crippen molar-refractivity contribution < 1.29 is 4.21 Å². The Bertz CT molecular complexity index is 214. The zero-order valence-electron chi connectivity index (χ0n) is 10.0. The molecule has 0 amide bonds. The second-order valence-corrected chi connectivity index (χ2v) is 6.52. The smallest absolute Gasteiger partial charge is 0.0978 e. The third-order valence-electron chi connectivity index (χ3n) is 2.50. The second-order valence-electron chi connectivity index (χ2n) is 4.55. The van der Waals surface area contributed by atoms with Gasteiger partial charge >= 0.3 is 0 Å². The van der Waals surface area contributed by atoms with Gasteiger partial charge in [-0.25, -0.2) is 8.93 Å². The minimum Gasteiger partial charge on any atom is -0.242 e. The summed E-state index contributed by atoms with van der Waals surface area (Å²) in [6, 6.07) is 0. The zero-order valence-corrected chi connectivity index (χ0v) is 10.8. The summed E-state index contributed by atoms with van der Waals surface area (Å²) in [7, 11) is -1.03. The molecule has 0 bridgehead atoms. The van der Waals surface area contributed by atoms with Crippen LogP contribution in [0, 0.1) is 0 Å². The largest absolute Gasteiger partial charge is 0.242 e. The molecule has 14 heavy (non-hydrogen) atoms. The Hall–Kier alpha value is -0.150. The highest BCUT2D eigenvalue weighted by molar-refractivity contribution is 7.84. The van der Waals surface area contributed by atoms with E-state index < -0.39 is 11.0 Å². The third kappa shape index (κ3) is 3.54. The maximum Gasteiger partial charge on any atom is 0.0978 e. The summed E-state index contributed by atoms with van der Waals surface area (Å²) >= 11 is 0. The van der Waals surface area contributed by atoms with Crippen LogP contribution in [0.5, 0.6) is 0 Å². The van der Waals surface area contributed by atoms with Gasteiger partial charge in [0.25, 0.3) is 0 Å². The Kier molecular flexibility index (Phi) is 5.02. The fourth-order valence-electron chi connectivity index (χ4n) is 1.06. The van der Waals surface area contributed by atoms with E-state index in [0.29, 0.717) is 0 Å². The standard InChI is InChI=1S/C11H23NOS/c1-7-11(8-2,9-3)12-14(13)10(4,5)6/h7,12H,1,8-9H2,2-6H3/t14-/m1/s1. The average molecular weight is 217 g/mol. The van der Waals surface area contributed by atoms with Crippen molar-refractivity contribution in [1.82, 2.24) is 4.72 Å². The summed E-state index contributed by atoms with van der Waals surface area (Å²) in [5, 5.41) is 0. The highest BCUT2D eigenvalue weighted by atomic mass is 32.2. The van der Waals surface area contributed by atoms with E-state index in [-0.39, 0.29) is 10.3 Å². The van der Waals surface area contributed by atoms with Crippen molar-refractivity contribution in [3.63, 3.8) is 0 Å². The lowest BCUT2D eigenvalue weighted by Crippen LogP contribution is -2.48. The number of nitrogens with one attached hydrogen (secondary N) is 1. The van der Waals surface area contributed by atoms with Gasteiger partial charge in [-0.1, -0.05) is 19.9 Å². The highest BCUT2D eigenvalue weighted by Crippen LogP contribution is 2.20. The van der Waals surface area contributed by atoms with Gasteiger partial charge in [-0.05, 0) is 33.6 Å². The molecule has 0 fully saturated rings. The first kappa shape index (κ1) is 13.8. The van der Waals surface area contributed by atoms with E-state index in [1.54, 1.807) is 0 Å². The summed E-state index contributed by atoms with van der Waals surface area (Å²) < 4.78 is 14.9. The molecular weight excluding hydrogens is 194 g/mol. The highest BCUT2D eigenvalue weighted by Gasteiger charge is 2.29. The van der Waals surface area contributed by atoms with Crippen LogP contribution in [0.4, 0.5) is 0 Å². The van der Waals surface area contributed by atoms with Crippen molar-refractivity contribution in [2.75, 3.05) is 0 Å². The molecule has 0 aliphatic rings. The van der Waals surface area contributed by atoms with Crippen LogP contribution in [-0.2, 0) is 11.0 Å². The monoisotopic (exact) mass is 217 g/mol. The minimum atomic E-state index is -1.03. The summed E-state index contributed by atoms with van der Waals surface area (Å²) in [6.07, 6.45) is 3.69. The van der Waals surface area contributed by atoms with Crippen LogP contribution >= 0.6 is 0 Å². The Labute approximate surface area is 90.8 Å². The van der Waals surface area contributed by atoms with Gasteiger partial charge in [0, 0.05) is 5.54 Å². The van der Waals surface area contributed by atoms with E-state index in [1.807, 2.05) is 26.8 Å². The molecule has 84 valence electrons. The Morgan fingerprint density at radius 2 is 1.71 bits per heavy atom. The minimum absolute atomic E-state index is 0.182. The molecule has 0 heterocycles. The summed E-state index contributed by atoms with van der Waals surface area (Å²) in [5.74, 6) is 0. The Morgan fingerprint density at radius 3 is 1.93 bits per heavy atom. The molecule has 0 radical (unpaired) electrons. The molecule has 0 aliphatic heterocycles. The quantitative estimate of drug-likeness (QED) is 0.705. The normalized spacial score (nSPS) is 15.2. The van der Waals surface area contributed by atoms with Gasteiger partial charge in [-0.15, -0.1) is 6.58 Å². The first-order chi connectivity index (χ1) is 6.31. The SMILES string of the molecule is C=CC(CC)(CC)N[S@](=O)C(C)(C)C. The topological polar surface area (TPSA) is 29.1 Å². The van der Waals surface area contributed by atoms with E-state index in [4.69, 9.17) is 0 Å². The van der Waals surface area contributed by atoms with Crippen LogP contribution in [-0.4, -0.2) is 14.5 Å². The van der Waals surface area contributed by atoms with Gasteiger partial charge in [-0.2, -0.15) is 0 Å².